The molecule has 1 aliphatic rings. The minimum absolute atomic E-state index is 0.0515. The van der Waals surface area contributed by atoms with E-state index in [1.54, 1.807) is 47.6 Å². The number of piperazine rings is 1. The molecule has 2 heterocycles. The summed E-state index contributed by atoms with van der Waals surface area (Å²) in [5, 5.41) is 0. The van der Waals surface area contributed by atoms with Gasteiger partial charge in [0, 0.05) is 52.4 Å². The number of rotatable bonds is 8. The van der Waals surface area contributed by atoms with E-state index in [9.17, 15) is 13.2 Å². The van der Waals surface area contributed by atoms with Gasteiger partial charge in [0.2, 0.25) is 10.0 Å². The van der Waals surface area contributed by atoms with Crippen molar-refractivity contribution in [2.24, 2.45) is 0 Å². The number of fused-ring (bicyclic) bond motifs is 1. The second-order valence-electron chi connectivity index (χ2n) is 8.76. The number of aromatic nitrogens is 2. The van der Waals surface area contributed by atoms with E-state index in [4.69, 9.17) is 9.72 Å². The molecule has 0 bridgehead atoms. The number of hydrogen-bond acceptors (Lipinski definition) is 6. The summed E-state index contributed by atoms with van der Waals surface area (Å²) in [6, 6.07) is 12.2. The molecule has 1 saturated heterocycles. The van der Waals surface area contributed by atoms with Gasteiger partial charge in [0.25, 0.3) is 5.91 Å². The van der Waals surface area contributed by atoms with Gasteiger partial charge in [0.1, 0.15) is 11.6 Å². The van der Waals surface area contributed by atoms with Gasteiger partial charge in [0.05, 0.1) is 29.1 Å². The fourth-order valence-electron chi connectivity index (χ4n) is 4.40. The Hall–Kier alpha value is -2.95. The number of aryl methyl sites for hydroxylation is 1. The zero-order valence-corrected chi connectivity index (χ0v) is 21.6. The zero-order valence-electron chi connectivity index (χ0n) is 20.8. The van der Waals surface area contributed by atoms with Crippen LogP contribution in [0.5, 0.6) is 5.75 Å². The van der Waals surface area contributed by atoms with Crippen LogP contribution in [-0.4, -0.2) is 84.9 Å². The van der Waals surface area contributed by atoms with Crippen LogP contribution in [0.25, 0.3) is 11.0 Å². The maximum atomic E-state index is 13.1. The summed E-state index contributed by atoms with van der Waals surface area (Å²) < 4.78 is 35.3. The highest BCUT2D eigenvalue weighted by molar-refractivity contribution is 7.89. The molecule has 3 aromatic rings. The maximum absolute atomic E-state index is 13.1. The number of carbonyl (C=O) groups excluding carboxylic acids is 1. The number of imidazole rings is 1. The quantitative estimate of drug-likeness (QED) is 0.474. The molecule has 0 unspecified atom stereocenters. The highest BCUT2D eigenvalue weighted by Crippen LogP contribution is 2.23. The molecule has 188 valence electrons. The topological polar surface area (TPSA) is 88.0 Å². The molecule has 0 N–H and O–H groups in total. The first kappa shape index (κ1) is 25.2. The van der Waals surface area contributed by atoms with Crippen LogP contribution < -0.4 is 4.74 Å². The Morgan fingerprint density at radius 1 is 1.03 bits per heavy atom. The van der Waals surface area contributed by atoms with Crippen molar-refractivity contribution in [2.75, 3.05) is 46.9 Å². The minimum atomic E-state index is -3.55. The Morgan fingerprint density at radius 3 is 2.31 bits per heavy atom. The molecular weight excluding hydrogens is 466 g/mol. The maximum Gasteiger partial charge on any atom is 0.253 e. The van der Waals surface area contributed by atoms with Crippen LogP contribution in [-0.2, 0) is 23.1 Å². The lowest BCUT2D eigenvalue weighted by Crippen LogP contribution is -2.48. The summed E-state index contributed by atoms with van der Waals surface area (Å²) in [4.78, 5) is 21.2. The van der Waals surface area contributed by atoms with Crippen LogP contribution in [0.15, 0.2) is 47.4 Å². The minimum Gasteiger partial charge on any atom is -0.494 e. The van der Waals surface area contributed by atoms with E-state index in [0.29, 0.717) is 50.6 Å². The Kier molecular flexibility index (Phi) is 7.44. The van der Waals surface area contributed by atoms with Crippen LogP contribution in [0, 0.1) is 0 Å². The van der Waals surface area contributed by atoms with E-state index >= 15 is 0 Å². The SMILES string of the molecule is CCOc1ccc(S(=O)(=O)N2CCN(Cc3nc4cc(C(=O)N(C)C)ccc4n3CC)CC2)cc1. The summed E-state index contributed by atoms with van der Waals surface area (Å²) in [6.07, 6.45) is 0. The Bertz CT molecular complexity index is 1290. The van der Waals surface area contributed by atoms with Crippen LogP contribution in [0.1, 0.15) is 30.0 Å². The van der Waals surface area contributed by atoms with Crippen LogP contribution in [0.3, 0.4) is 0 Å². The number of hydrogen-bond donors (Lipinski definition) is 0. The Labute approximate surface area is 206 Å². The van der Waals surface area contributed by atoms with Crippen molar-refractivity contribution < 1.29 is 17.9 Å². The number of carbonyl (C=O) groups is 1. The number of sulfonamides is 1. The van der Waals surface area contributed by atoms with Crippen LogP contribution in [0.2, 0.25) is 0 Å². The van der Waals surface area contributed by atoms with Crippen LogP contribution in [0.4, 0.5) is 0 Å². The summed E-state index contributed by atoms with van der Waals surface area (Å²) >= 11 is 0. The molecule has 1 aliphatic heterocycles. The van der Waals surface area contributed by atoms with E-state index in [-0.39, 0.29) is 10.8 Å². The van der Waals surface area contributed by atoms with Gasteiger partial charge < -0.3 is 14.2 Å². The normalized spacial score (nSPS) is 15.4. The Balaban J connectivity index is 1.45. The molecule has 10 heteroatoms. The fourth-order valence-corrected chi connectivity index (χ4v) is 5.82. The number of ether oxygens (including phenoxy) is 1. The second-order valence-corrected chi connectivity index (χ2v) is 10.7. The Morgan fingerprint density at radius 2 is 1.71 bits per heavy atom. The predicted octanol–water partition coefficient (Wildman–Crippen LogP) is 2.66. The third-order valence-corrected chi connectivity index (χ3v) is 8.18. The first-order valence-electron chi connectivity index (χ1n) is 11.9. The monoisotopic (exact) mass is 499 g/mol. The molecule has 0 aliphatic carbocycles. The molecule has 2 aromatic carbocycles. The van der Waals surface area contributed by atoms with Gasteiger partial charge >= 0.3 is 0 Å². The van der Waals surface area contributed by atoms with Gasteiger partial charge in [-0.2, -0.15) is 4.31 Å². The van der Waals surface area contributed by atoms with Crippen molar-refractivity contribution >= 4 is 27.0 Å². The molecule has 4 rings (SSSR count). The summed E-state index contributed by atoms with van der Waals surface area (Å²) in [5.41, 5.74) is 2.41. The lowest BCUT2D eigenvalue weighted by molar-refractivity contribution is 0.0827. The molecule has 0 saturated carbocycles. The van der Waals surface area contributed by atoms with E-state index in [1.807, 2.05) is 25.1 Å². The molecule has 1 aromatic heterocycles. The summed E-state index contributed by atoms with van der Waals surface area (Å²) in [6.45, 7) is 7.96. The zero-order chi connectivity index (χ0) is 25.2. The summed E-state index contributed by atoms with van der Waals surface area (Å²) in [7, 11) is -0.0800. The van der Waals surface area contributed by atoms with Gasteiger partial charge in [-0.25, -0.2) is 13.4 Å². The highest BCUT2D eigenvalue weighted by atomic mass is 32.2. The van der Waals surface area contributed by atoms with Crippen molar-refractivity contribution in [2.45, 2.75) is 31.8 Å². The third-order valence-electron chi connectivity index (χ3n) is 6.27. The van der Waals surface area contributed by atoms with Crippen molar-refractivity contribution in [1.29, 1.82) is 0 Å². The largest absolute Gasteiger partial charge is 0.494 e. The molecule has 1 fully saturated rings. The number of nitrogens with zero attached hydrogens (tertiary/aromatic N) is 5. The van der Waals surface area contributed by atoms with Crippen molar-refractivity contribution in [3.8, 4) is 5.75 Å². The number of benzene rings is 2. The van der Waals surface area contributed by atoms with Gasteiger partial charge in [-0.05, 0) is 56.3 Å². The first-order chi connectivity index (χ1) is 16.7. The van der Waals surface area contributed by atoms with E-state index in [0.717, 1.165) is 23.4 Å². The average molecular weight is 500 g/mol. The molecule has 0 spiro atoms. The van der Waals surface area contributed by atoms with Crippen molar-refractivity contribution in [3.63, 3.8) is 0 Å². The van der Waals surface area contributed by atoms with E-state index in [2.05, 4.69) is 16.4 Å². The van der Waals surface area contributed by atoms with Gasteiger partial charge in [0.15, 0.2) is 0 Å². The van der Waals surface area contributed by atoms with E-state index < -0.39 is 10.0 Å². The lowest BCUT2D eigenvalue weighted by Gasteiger charge is -2.33. The van der Waals surface area contributed by atoms with Gasteiger partial charge in [-0.3, -0.25) is 9.69 Å². The predicted molar refractivity (Wildman–Crippen MR) is 135 cm³/mol. The van der Waals surface area contributed by atoms with Gasteiger partial charge in [-0.1, -0.05) is 0 Å². The lowest BCUT2D eigenvalue weighted by atomic mass is 10.2. The van der Waals surface area contributed by atoms with Crippen LogP contribution >= 0.6 is 0 Å². The third kappa shape index (κ3) is 5.19. The molecule has 0 atom stereocenters. The molecule has 1 amide bonds. The van der Waals surface area contributed by atoms with E-state index in [1.165, 1.54) is 0 Å². The molecule has 9 nitrogen and oxygen atoms in total. The number of amides is 1. The molecule has 35 heavy (non-hydrogen) atoms. The highest BCUT2D eigenvalue weighted by Gasteiger charge is 2.29. The fraction of sp³-hybridized carbons (Fsp3) is 0.440. The second kappa shape index (κ2) is 10.3. The van der Waals surface area contributed by atoms with Crippen molar-refractivity contribution in [3.05, 3.63) is 53.9 Å². The van der Waals surface area contributed by atoms with Gasteiger partial charge in [-0.15, -0.1) is 0 Å². The molecular formula is C25H33N5O4S. The standard InChI is InChI=1S/C25H33N5O4S/c1-5-30-23-12-7-19(25(31)27(3)4)17-22(23)26-24(30)18-28-13-15-29(16-14-28)35(32,33)21-10-8-20(9-11-21)34-6-2/h7-12,17H,5-6,13-16,18H2,1-4H3. The average Bonchev–Trinajstić information content (AvgIpc) is 3.20. The van der Waals surface area contributed by atoms with Crippen molar-refractivity contribution in [1.82, 2.24) is 23.7 Å². The summed E-state index contributed by atoms with van der Waals surface area (Å²) in [5.74, 6) is 1.53. The molecule has 0 radical (unpaired) electrons. The smallest absolute Gasteiger partial charge is 0.253 e. The first-order valence-corrected chi connectivity index (χ1v) is 13.3.